The number of furan rings is 1. The van der Waals surface area contributed by atoms with E-state index in [-0.39, 0.29) is 28.8 Å². The smallest absolute Gasteiger partial charge is 0.306 e. The summed E-state index contributed by atoms with van der Waals surface area (Å²) in [6, 6.07) is 9.41. The van der Waals surface area contributed by atoms with Crippen LogP contribution in [0.2, 0.25) is 0 Å². The first-order valence-corrected chi connectivity index (χ1v) is 12.8. The van der Waals surface area contributed by atoms with Crippen molar-refractivity contribution < 1.29 is 18.7 Å². The number of benzene rings is 1. The fraction of sp³-hybridized carbons (Fsp3) is 0.448. The number of fused-ring (bicyclic) bond motifs is 1. The molecule has 0 radical (unpaired) electrons. The van der Waals surface area contributed by atoms with Gasteiger partial charge in [0.15, 0.2) is 0 Å². The molecule has 2 N–H and O–H groups in total. The number of esters is 1. The molecule has 0 aliphatic rings. The number of unbranched alkanes of at least 4 members (excludes halogenated alkanes) is 3. The number of carbonyl (C=O) groups is 2. The van der Waals surface area contributed by atoms with Crippen molar-refractivity contribution in [2.45, 2.75) is 79.2 Å². The van der Waals surface area contributed by atoms with E-state index in [1.54, 1.807) is 13.0 Å². The number of aromatic nitrogens is 2. The van der Waals surface area contributed by atoms with Gasteiger partial charge in [0.25, 0.3) is 5.56 Å². The first-order valence-electron chi connectivity index (χ1n) is 12.8. The van der Waals surface area contributed by atoms with Crippen molar-refractivity contribution >= 4 is 29.1 Å². The van der Waals surface area contributed by atoms with Crippen molar-refractivity contribution in [3.05, 3.63) is 58.1 Å². The molecule has 0 atom stereocenters. The predicted octanol–water partition coefficient (Wildman–Crippen LogP) is 6.02. The maximum Gasteiger partial charge on any atom is 0.306 e. The lowest BCUT2D eigenvalue weighted by atomic mass is 10.0. The molecule has 8 nitrogen and oxygen atoms in total. The van der Waals surface area contributed by atoms with E-state index in [4.69, 9.17) is 9.15 Å². The van der Waals surface area contributed by atoms with E-state index in [0.29, 0.717) is 35.2 Å². The third-order valence-corrected chi connectivity index (χ3v) is 5.28. The standard InChI is InChI=1S/C18H17N3O3.C11H22O2/c1-3-19-16(22)11(2)9-13-14-17(23)20-10-21-18(14)24-15(13)12-7-5-4-6-8-12;1-5-6-7-8-9-10(12)13-11(2,3)4/h4-10H,3H2,1-2H3,(H,19,22)(H,20,21,23);5-9H2,1-4H3/b11-9+;. The Kier molecular flexibility index (Phi) is 11.3. The van der Waals surface area contributed by atoms with Crippen LogP contribution in [-0.4, -0.2) is 34.0 Å². The van der Waals surface area contributed by atoms with E-state index in [1.165, 1.54) is 19.2 Å². The molecule has 3 aromatic rings. The Morgan fingerprint density at radius 3 is 2.43 bits per heavy atom. The maximum absolute atomic E-state index is 12.2. The quantitative estimate of drug-likeness (QED) is 0.207. The Labute approximate surface area is 218 Å². The third-order valence-electron chi connectivity index (χ3n) is 5.28. The molecule has 37 heavy (non-hydrogen) atoms. The lowest BCUT2D eigenvalue weighted by Crippen LogP contribution is -2.23. The van der Waals surface area contributed by atoms with Crippen LogP contribution in [0.15, 0.2) is 51.4 Å². The van der Waals surface area contributed by atoms with Gasteiger partial charge < -0.3 is 19.5 Å². The lowest BCUT2D eigenvalue weighted by molar-refractivity contribution is -0.154. The number of hydrogen-bond acceptors (Lipinski definition) is 6. The number of H-pyrrole nitrogens is 1. The van der Waals surface area contributed by atoms with Gasteiger partial charge in [-0.05, 0) is 47.1 Å². The second kappa shape index (κ2) is 14.2. The average Bonchev–Trinajstić information content (AvgIpc) is 3.21. The van der Waals surface area contributed by atoms with E-state index in [2.05, 4.69) is 22.2 Å². The average molecular weight is 510 g/mol. The number of nitrogens with zero attached hydrogens (tertiary/aromatic N) is 1. The van der Waals surface area contributed by atoms with Crippen molar-refractivity contribution in [2.75, 3.05) is 6.54 Å². The molecule has 0 spiro atoms. The summed E-state index contributed by atoms with van der Waals surface area (Å²) in [5.41, 5.74) is 1.45. The summed E-state index contributed by atoms with van der Waals surface area (Å²) in [5.74, 6) is 0.258. The Hall–Kier alpha value is -3.68. The van der Waals surface area contributed by atoms with Crippen LogP contribution < -0.4 is 10.9 Å². The summed E-state index contributed by atoms with van der Waals surface area (Å²) >= 11 is 0. The topological polar surface area (TPSA) is 114 Å². The fourth-order valence-electron chi connectivity index (χ4n) is 3.58. The second-order valence-electron chi connectivity index (χ2n) is 9.71. The van der Waals surface area contributed by atoms with Crippen molar-refractivity contribution in [2.24, 2.45) is 0 Å². The van der Waals surface area contributed by atoms with Gasteiger partial charge in [-0.2, -0.15) is 0 Å². The van der Waals surface area contributed by atoms with Gasteiger partial charge in [-0.1, -0.05) is 56.5 Å². The molecule has 0 bridgehead atoms. The minimum Gasteiger partial charge on any atom is -0.460 e. The second-order valence-corrected chi connectivity index (χ2v) is 9.71. The number of amides is 1. The maximum atomic E-state index is 12.2. The third kappa shape index (κ3) is 9.37. The highest BCUT2D eigenvalue weighted by atomic mass is 16.6. The van der Waals surface area contributed by atoms with E-state index < -0.39 is 0 Å². The van der Waals surface area contributed by atoms with Crippen LogP contribution in [0.3, 0.4) is 0 Å². The van der Waals surface area contributed by atoms with Gasteiger partial charge in [-0.15, -0.1) is 0 Å². The zero-order valence-corrected chi connectivity index (χ0v) is 22.8. The molecular formula is C29H39N3O5. The Morgan fingerprint density at radius 1 is 1.11 bits per heavy atom. The molecule has 1 amide bonds. The molecule has 2 heterocycles. The van der Waals surface area contributed by atoms with E-state index in [1.807, 2.05) is 58.0 Å². The number of carbonyl (C=O) groups excluding carboxylic acids is 2. The van der Waals surface area contributed by atoms with E-state index in [0.717, 1.165) is 18.4 Å². The van der Waals surface area contributed by atoms with Gasteiger partial charge in [0.05, 0.1) is 6.33 Å². The number of nitrogens with one attached hydrogen (secondary N) is 2. The molecule has 0 saturated carbocycles. The highest BCUT2D eigenvalue weighted by Crippen LogP contribution is 2.32. The Balaban J connectivity index is 0.000000317. The molecule has 1 aromatic carbocycles. The molecule has 3 rings (SSSR count). The number of rotatable bonds is 9. The van der Waals surface area contributed by atoms with Gasteiger partial charge >= 0.3 is 5.97 Å². The summed E-state index contributed by atoms with van der Waals surface area (Å²) in [6.45, 7) is 11.9. The lowest BCUT2D eigenvalue weighted by Gasteiger charge is -2.19. The molecule has 0 aliphatic carbocycles. The van der Waals surface area contributed by atoms with Crippen molar-refractivity contribution in [1.29, 1.82) is 0 Å². The van der Waals surface area contributed by atoms with Gasteiger partial charge in [0.2, 0.25) is 11.6 Å². The van der Waals surface area contributed by atoms with Crippen LogP contribution in [-0.2, 0) is 14.3 Å². The van der Waals surface area contributed by atoms with Gasteiger partial charge in [0, 0.05) is 29.7 Å². The van der Waals surface area contributed by atoms with Gasteiger partial charge in [0.1, 0.15) is 16.7 Å². The summed E-state index contributed by atoms with van der Waals surface area (Å²) in [5, 5.41) is 3.07. The molecule has 0 fully saturated rings. The van der Waals surface area contributed by atoms with Crippen LogP contribution in [0.4, 0.5) is 0 Å². The largest absolute Gasteiger partial charge is 0.460 e. The Bertz CT molecular complexity index is 1250. The normalized spacial score (nSPS) is 11.6. The number of ether oxygens (including phenoxy) is 1. The number of aromatic amines is 1. The molecular weight excluding hydrogens is 470 g/mol. The van der Waals surface area contributed by atoms with Crippen LogP contribution in [0, 0.1) is 0 Å². The monoisotopic (exact) mass is 509 g/mol. The molecule has 2 aromatic heterocycles. The van der Waals surface area contributed by atoms with Crippen LogP contribution in [0.5, 0.6) is 0 Å². The molecule has 0 saturated heterocycles. The Morgan fingerprint density at radius 2 is 1.81 bits per heavy atom. The summed E-state index contributed by atoms with van der Waals surface area (Å²) in [7, 11) is 0. The van der Waals surface area contributed by atoms with Crippen LogP contribution in [0.25, 0.3) is 28.5 Å². The highest BCUT2D eigenvalue weighted by Gasteiger charge is 2.19. The predicted molar refractivity (Wildman–Crippen MR) is 147 cm³/mol. The number of hydrogen-bond donors (Lipinski definition) is 2. The van der Waals surface area contributed by atoms with Gasteiger partial charge in [-0.3, -0.25) is 14.4 Å². The zero-order valence-electron chi connectivity index (χ0n) is 22.8. The molecule has 0 aliphatic heterocycles. The summed E-state index contributed by atoms with van der Waals surface area (Å²) < 4.78 is 11.0. The highest BCUT2D eigenvalue weighted by molar-refractivity contribution is 6.01. The van der Waals surface area contributed by atoms with Gasteiger partial charge in [-0.25, -0.2) is 4.98 Å². The molecule has 8 heteroatoms. The minimum absolute atomic E-state index is 0.0661. The zero-order chi connectivity index (χ0) is 27.4. The van der Waals surface area contributed by atoms with Crippen LogP contribution in [0.1, 0.15) is 79.2 Å². The summed E-state index contributed by atoms with van der Waals surface area (Å²) in [4.78, 5) is 42.1. The molecule has 200 valence electrons. The fourth-order valence-corrected chi connectivity index (χ4v) is 3.58. The van der Waals surface area contributed by atoms with E-state index >= 15 is 0 Å². The number of likely N-dealkylation sites (N-methyl/N-ethyl adjacent to an activating group) is 1. The van der Waals surface area contributed by atoms with E-state index in [9.17, 15) is 14.4 Å². The van der Waals surface area contributed by atoms with Crippen LogP contribution >= 0.6 is 0 Å². The first-order chi connectivity index (χ1) is 17.6. The van der Waals surface area contributed by atoms with Crippen molar-refractivity contribution in [3.63, 3.8) is 0 Å². The SMILES string of the molecule is CCCCCCC(=O)OC(C)(C)C.CCNC(=O)/C(C)=C/c1c(-c2ccccc2)oc2nc[nH]c(=O)c12. The van der Waals surface area contributed by atoms with Crippen molar-refractivity contribution in [3.8, 4) is 11.3 Å². The molecule has 0 unspecified atom stereocenters. The van der Waals surface area contributed by atoms with Crippen molar-refractivity contribution in [1.82, 2.24) is 15.3 Å². The summed E-state index contributed by atoms with van der Waals surface area (Å²) in [6.07, 6.45) is 8.04. The first kappa shape index (κ1) is 29.5. The minimum atomic E-state index is -0.332.